The van der Waals surface area contributed by atoms with Gasteiger partial charge in [-0.1, -0.05) is 49.2 Å². The molecular formula is C18H19NO. The molecule has 0 amide bonds. The first-order chi connectivity index (χ1) is 9.85. The Kier molecular flexibility index (Phi) is 5.08. The fraction of sp³-hybridized carbons (Fsp3) is 0.222. The van der Waals surface area contributed by atoms with Crippen molar-refractivity contribution in [2.75, 3.05) is 11.9 Å². The molecule has 1 N–H and O–H groups in total. The monoisotopic (exact) mass is 265 g/mol. The molecular weight excluding hydrogens is 246 g/mol. The molecule has 0 radical (unpaired) electrons. The Bertz CT molecular complexity index is 598. The largest absolute Gasteiger partial charge is 0.481 e. The van der Waals surface area contributed by atoms with E-state index in [4.69, 9.17) is 11.2 Å². The Hall–Kier alpha value is -2.40. The van der Waals surface area contributed by atoms with Crippen molar-refractivity contribution < 1.29 is 4.74 Å². The third kappa shape index (κ3) is 3.55. The molecule has 0 fully saturated rings. The summed E-state index contributed by atoms with van der Waals surface area (Å²) >= 11 is 0. The molecule has 20 heavy (non-hydrogen) atoms. The van der Waals surface area contributed by atoms with Gasteiger partial charge in [0.25, 0.3) is 0 Å². The molecule has 0 aromatic heterocycles. The van der Waals surface area contributed by atoms with Crippen LogP contribution in [0.15, 0.2) is 48.5 Å². The summed E-state index contributed by atoms with van der Waals surface area (Å²) in [7, 11) is 0. The van der Waals surface area contributed by atoms with E-state index in [0.717, 1.165) is 24.3 Å². The SMILES string of the molecule is C#CCOc1ccccc1CNc1ccccc1CC. The van der Waals surface area contributed by atoms with Crippen molar-refractivity contribution in [1.82, 2.24) is 0 Å². The van der Waals surface area contributed by atoms with Crippen molar-refractivity contribution in [3.8, 4) is 18.1 Å². The maximum absolute atomic E-state index is 5.56. The van der Waals surface area contributed by atoms with Crippen LogP contribution < -0.4 is 10.1 Å². The summed E-state index contributed by atoms with van der Waals surface area (Å²) in [6.45, 7) is 3.17. The molecule has 0 atom stereocenters. The molecule has 0 unspecified atom stereocenters. The Balaban J connectivity index is 2.09. The number of ether oxygens (including phenoxy) is 1. The number of hydrogen-bond acceptors (Lipinski definition) is 2. The van der Waals surface area contributed by atoms with Gasteiger partial charge in [0.15, 0.2) is 0 Å². The van der Waals surface area contributed by atoms with Gasteiger partial charge in [0, 0.05) is 17.8 Å². The number of aryl methyl sites for hydroxylation is 1. The molecule has 0 aliphatic heterocycles. The Morgan fingerprint density at radius 1 is 1.05 bits per heavy atom. The Morgan fingerprint density at radius 2 is 1.75 bits per heavy atom. The molecule has 2 aromatic carbocycles. The van der Waals surface area contributed by atoms with Gasteiger partial charge in [-0.3, -0.25) is 0 Å². The van der Waals surface area contributed by atoms with Gasteiger partial charge in [0.05, 0.1) is 0 Å². The van der Waals surface area contributed by atoms with Gasteiger partial charge in [0.1, 0.15) is 12.4 Å². The minimum absolute atomic E-state index is 0.294. The van der Waals surface area contributed by atoms with Crippen molar-refractivity contribution in [1.29, 1.82) is 0 Å². The number of anilines is 1. The number of rotatable bonds is 6. The maximum atomic E-state index is 5.56. The highest BCUT2D eigenvalue weighted by Gasteiger charge is 2.04. The Labute approximate surface area is 120 Å². The number of terminal acetylenes is 1. The molecule has 0 heterocycles. The van der Waals surface area contributed by atoms with E-state index in [2.05, 4.69) is 36.4 Å². The van der Waals surface area contributed by atoms with Gasteiger partial charge in [-0.05, 0) is 24.1 Å². The number of para-hydroxylation sites is 2. The standard InChI is InChI=1S/C18H19NO/c1-3-13-20-18-12-8-6-10-16(18)14-19-17-11-7-5-9-15(17)4-2/h1,5-12,19H,4,13-14H2,2H3. The van der Waals surface area contributed by atoms with E-state index in [9.17, 15) is 0 Å². The first-order valence-corrected chi connectivity index (χ1v) is 6.81. The highest BCUT2D eigenvalue weighted by atomic mass is 16.5. The average Bonchev–Trinajstić information content (AvgIpc) is 2.52. The van der Waals surface area contributed by atoms with E-state index in [1.54, 1.807) is 0 Å². The number of benzene rings is 2. The highest BCUT2D eigenvalue weighted by molar-refractivity contribution is 5.52. The predicted molar refractivity (Wildman–Crippen MR) is 83.9 cm³/mol. The lowest BCUT2D eigenvalue weighted by molar-refractivity contribution is 0.366. The van der Waals surface area contributed by atoms with Crippen LogP contribution in [-0.4, -0.2) is 6.61 Å². The molecule has 0 aliphatic carbocycles. The molecule has 102 valence electrons. The van der Waals surface area contributed by atoms with E-state index in [1.165, 1.54) is 11.3 Å². The van der Waals surface area contributed by atoms with E-state index in [0.29, 0.717) is 6.61 Å². The van der Waals surface area contributed by atoms with Crippen LogP contribution in [0.1, 0.15) is 18.1 Å². The van der Waals surface area contributed by atoms with E-state index in [1.807, 2.05) is 30.3 Å². The number of nitrogens with one attached hydrogen (secondary N) is 1. The fourth-order valence-electron chi connectivity index (χ4n) is 2.10. The first-order valence-electron chi connectivity index (χ1n) is 6.81. The topological polar surface area (TPSA) is 21.3 Å². The smallest absolute Gasteiger partial charge is 0.148 e. The second-order valence-corrected chi connectivity index (χ2v) is 4.46. The quantitative estimate of drug-likeness (QED) is 0.800. The summed E-state index contributed by atoms with van der Waals surface area (Å²) in [4.78, 5) is 0. The predicted octanol–water partition coefficient (Wildman–Crippen LogP) is 3.87. The van der Waals surface area contributed by atoms with Gasteiger partial charge in [-0.25, -0.2) is 0 Å². The van der Waals surface area contributed by atoms with Crippen LogP contribution in [-0.2, 0) is 13.0 Å². The number of hydrogen-bond donors (Lipinski definition) is 1. The van der Waals surface area contributed by atoms with Gasteiger partial charge >= 0.3 is 0 Å². The summed E-state index contributed by atoms with van der Waals surface area (Å²) in [5.41, 5.74) is 3.59. The van der Waals surface area contributed by atoms with Crippen LogP contribution in [0.4, 0.5) is 5.69 Å². The van der Waals surface area contributed by atoms with Crippen LogP contribution in [0.5, 0.6) is 5.75 Å². The summed E-state index contributed by atoms with van der Waals surface area (Å²) in [5.74, 6) is 3.33. The highest BCUT2D eigenvalue weighted by Crippen LogP contribution is 2.21. The lowest BCUT2D eigenvalue weighted by Crippen LogP contribution is -2.05. The third-order valence-electron chi connectivity index (χ3n) is 3.15. The molecule has 0 spiro atoms. The van der Waals surface area contributed by atoms with Crippen molar-refractivity contribution in [2.45, 2.75) is 19.9 Å². The third-order valence-corrected chi connectivity index (χ3v) is 3.15. The first kappa shape index (κ1) is 14.0. The summed E-state index contributed by atoms with van der Waals surface area (Å²) in [6.07, 6.45) is 6.25. The maximum Gasteiger partial charge on any atom is 0.148 e. The lowest BCUT2D eigenvalue weighted by atomic mass is 10.1. The molecule has 2 heteroatoms. The molecule has 0 saturated heterocycles. The van der Waals surface area contributed by atoms with Crippen molar-refractivity contribution in [2.24, 2.45) is 0 Å². The second-order valence-electron chi connectivity index (χ2n) is 4.46. The van der Waals surface area contributed by atoms with Gasteiger partial charge < -0.3 is 10.1 Å². The molecule has 2 aromatic rings. The van der Waals surface area contributed by atoms with Crippen LogP contribution >= 0.6 is 0 Å². The van der Waals surface area contributed by atoms with Crippen molar-refractivity contribution in [3.05, 3.63) is 59.7 Å². The van der Waals surface area contributed by atoms with Crippen LogP contribution in [0.3, 0.4) is 0 Å². The normalized spacial score (nSPS) is 9.80. The zero-order valence-corrected chi connectivity index (χ0v) is 11.7. The van der Waals surface area contributed by atoms with Crippen LogP contribution in [0, 0.1) is 12.3 Å². The van der Waals surface area contributed by atoms with Crippen molar-refractivity contribution in [3.63, 3.8) is 0 Å². The summed E-state index contributed by atoms with van der Waals surface area (Å²) < 4.78 is 5.56. The fourth-order valence-corrected chi connectivity index (χ4v) is 2.10. The minimum Gasteiger partial charge on any atom is -0.481 e. The molecule has 0 aliphatic rings. The molecule has 2 rings (SSSR count). The zero-order chi connectivity index (χ0) is 14.2. The summed E-state index contributed by atoms with van der Waals surface area (Å²) in [6, 6.07) is 16.3. The van der Waals surface area contributed by atoms with Gasteiger partial charge in [-0.15, -0.1) is 6.42 Å². The van der Waals surface area contributed by atoms with Gasteiger partial charge in [0.2, 0.25) is 0 Å². The van der Waals surface area contributed by atoms with E-state index in [-0.39, 0.29) is 0 Å². The van der Waals surface area contributed by atoms with Crippen LogP contribution in [0.2, 0.25) is 0 Å². The van der Waals surface area contributed by atoms with E-state index < -0.39 is 0 Å². The Morgan fingerprint density at radius 3 is 2.50 bits per heavy atom. The van der Waals surface area contributed by atoms with Crippen LogP contribution in [0.25, 0.3) is 0 Å². The minimum atomic E-state index is 0.294. The zero-order valence-electron chi connectivity index (χ0n) is 11.7. The van der Waals surface area contributed by atoms with Gasteiger partial charge in [-0.2, -0.15) is 0 Å². The molecule has 2 nitrogen and oxygen atoms in total. The van der Waals surface area contributed by atoms with E-state index >= 15 is 0 Å². The molecule has 0 saturated carbocycles. The lowest BCUT2D eigenvalue weighted by Gasteiger charge is -2.13. The second kappa shape index (κ2) is 7.25. The van der Waals surface area contributed by atoms with Crippen molar-refractivity contribution >= 4 is 5.69 Å². The molecule has 0 bridgehead atoms. The summed E-state index contributed by atoms with van der Waals surface area (Å²) in [5, 5.41) is 3.47. The average molecular weight is 265 g/mol.